The van der Waals surface area contributed by atoms with E-state index in [1.54, 1.807) is 0 Å². The van der Waals surface area contributed by atoms with Gasteiger partial charge >= 0.3 is 0 Å². The van der Waals surface area contributed by atoms with E-state index >= 15 is 0 Å². The van der Waals surface area contributed by atoms with Crippen molar-refractivity contribution in [2.45, 2.75) is 72.8 Å². The van der Waals surface area contributed by atoms with Crippen LogP contribution in [-0.4, -0.2) is 25.9 Å². The van der Waals surface area contributed by atoms with Gasteiger partial charge in [0.25, 0.3) is 0 Å². The minimum Gasteiger partial charge on any atom is -0.381 e. The van der Waals surface area contributed by atoms with Crippen LogP contribution in [0.5, 0.6) is 0 Å². The van der Waals surface area contributed by atoms with Crippen LogP contribution < -0.4 is 0 Å². The standard InChI is InChI=1S/C11H20O2.2C2H6/c1-2-10-3-4-11(9-13-10)5-7-12-8-6-11;2*1-2/h10H,2-9H2,1H3;2*1-2H3. The Morgan fingerprint density at radius 1 is 1.00 bits per heavy atom. The van der Waals surface area contributed by atoms with E-state index in [1.807, 2.05) is 27.7 Å². The molecule has 2 saturated heterocycles. The lowest BCUT2D eigenvalue weighted by atomic mass is 9.75. The highest BCUT2D eigenvalue weighted by atomic mass is 16.5. The van der Waals surface area contributed by atoms with Gasteiger partial charge in [0.2, 0.25) is 0 Å². The molecule has 1 spiro atoms. The highest BCUT2D eigenvalue weighted by Gasteiger charge is 2.36. The van der Waals surface area contributed by atoms with Crippen molar-refractivity contribution in [3.05, 3.63) is 0 Å². The molecule has 2 aliphatic heterocycles. The normalized spacial score (nSPS) is 26.3. The third-order valence-corrected chi connectivity index (χ3v) is 3.63. The van der Waals surface area contributed by atoms with E-state index in [4.69, 9.17) is 9.47 Å². The molecule has 0 saturated carbocycles. The average molecular weight is 244 g/mol. The van der Waals surface area contributed by atoms with Crippen molar-refractivity contribution in [1.82, 2.24) is 0 Å². The van der Waals surface area contributed by atoms with Crippen LogP contribution in [0, 0.1) is 5.41 Å². The first-order valence-corrected chi connectivity index (χ1v) is 7.54. The van der Waals surface area contributed by atoms with Crippen molar-refractivity contribution in [1.29, 1.82) is 0 Å². The molecular formula is C15H32O2. The molecule has 0 aromatic heterocycles. The maximum absolute atomic E-state index is 5.86. The summed E-state index contributed by atoms with van der Waals surface area (Å²) in [4.78, 5) is 0. The maximum Gasteiger partial charge on any atom is 0.0573 e. The molecule has 2 aliphatic rings. The summed E-state index contributed by atoms with van der Waals surface area (Å²) >= 11 is 0. The number of ether oxygens (including phenoxy) is 2. The Bertz CT molecular complexity index is 152. The summed E-state index contributed by atoms with van der Waals surface area (Å²) in [5, 5.41) is 0. The highest BCUT2D eigenvalue weighted by molar-refractivity contribution is 4.86. The molecule has 1 unspecified atom stereocenters. The number of hydrogen-bond donors (Lipinski definition) is 0. The molecule has 0 aromatic carbocycles. The maximum atomic E-state index is 5.86. The zero-order valence-corrected chi connectivity index (χ0v) is 12.6. The van der Waals surface area contributed by atoms with E-state index in [0.29, 0.717) is 11.5 Å². The predicted molar refractivity (Wildman–Crippen MR) is 74.4 cm³/mol. The molecule has 2 heteroatoms. The van der Waals surface area contributed by atoms with Crippen LogP contribution >= 0.6 is 0 Å². The van der Waals surface area contributed by atoms with Crippen molar-refractivity contribution in [3.8, 4) is 0 Å². The SMILES string of the molecule is CC.CC.CCC1CCC2(CCOCC2)CO1. The Hall–Kier alpha value is -0.0800. The van der Waals surface area contributed by atoms with E-state index in [2.05, 4.69) is 6.92 Å². The Kier molecular flexibility index (Phi) is 9.85. The van der Waals surface area contributed by atoms with Gasteiger partial charge in [-0.05, 0) is 37.5 Å². The smallest absolute Gasteiger partial charge is 0.0573 e. The molecule has 17 heavy (non-hydrogen) atoms. The monoisotopic (exact) mass is 244 g/mol. The van der Waals surface area contributed by atoms with Gasteiger partial charge in [0, 0.05) is 13.2 Å². The molecule has 0 aromatic rings. The molecule has 0 bridgehead atoms. The van der Waals surface area contributed by atoms with E-state index in [0.717, 1.165) is 19.8 Å². The second kappa shape index (κ2) is 9.90. The molecule has 104 valence electrons. The van der Waals surface area contributed by atoms with E-state index in [9.17, 15) is 0 Å². The summed E-state index contributed by atoms with van der Waals surface area (Å²) in [5.41, 5.74) is 0.490. The second-order valence-electron chi connectivity index (χ2n) is 4.49. The van der Waals surface area contributed by atoms with Gasteiger partial charge in [0.05, 0.1) is 12.7 Å². The molecule has 2 nitrogen and oxygen atoms in total. The topological polar surface area (TPSA) is 18.5 Å². The summed E-state index contributed by atoms with van der Waals surface area (Å²) in [6.07, 6.45) is 6.75. The summed E-state index contributed by atoms with van der Waals surface area (Å²) in [6.45, 7) is 13.1. The third kappa shape index (κ3) is 5.39. The number of rotatable bonds is 1. The van der Waals surface area contributed by atoms with Crippen LogP contribution in [-0.2, 0) is 9.47 Å². The third-order valence-electron chi connectivity index (χ3n) is 3.63. The van der Waals surface area contributed by atoms with Gasteiger partial charge in [-0.25, -0.2) is 0 Å². The van der Waals surface area contributed by atoms with Crippen molar-refractivity contribution in [3.63, 3.8) is 0 Å². The minimum absolute atomic E-state index is 0.490. The van der Waals surface area contributed by atoms with Crippen molar-refractivity contribution < 1.29 is 9.47 Å². The van der Waals surface area contributed by atoms with Crippen molar-refractivity contribution >= 4 is 0 Å². The lowest BCUT2D eigenvalue weighted by Gasteiger charge is -2.42. The van der Waals surface area contributed by atoms with Gasteiger partial charge in [0.1, 0.15) is 0 Å². The fourth-order valence-electron chi connectivity index (χ4n) is 2.44. The first kappa shape index (κ1) is 16.9. The Labute approximate surface area is 108 Å². The molecule has 0 aliphatic carbocycles. The lowest BCUT2D eigenvalue weighted by Crippen LogP contribution is -2.40. The zero-order chi connectivity index (χ0) is 13.1. The largest absolute Gasteiger partial charge is 0.381 e. The van der Waals surface area contributed by atoms with E-state index in [-0.39, 0.29) is 0 Å². The van der Waals surface area contributed by atoms with Crippen LogP contribution in [0.25, 0.3) is 0 Å². The molecule has 1 atom stereocenters. The summed E-state index contributed by atoms with van der Waals surface area (Å²) in [5.74, 6) is 0. The highest BCUT2D eigenvalue weighted by Crippen LogP contribution is 2.40. The lowest BCUT2D eigenvalue weighted by molar-refractivity contribution is -0.105. The minimum atomic E-state index is 0.490. The molecule has 0 radical (unpaired) electrons. The first-order valence-electron chi connectivity index (χ1n) is 7.54. The first-order chi connectivity index (χ1) is 8.35. The predicted octanol–water partition coefficient (Wildman–Crippen LogP) is 4.42. The summed E-state index contributed by atoms with van der Waals surface area (Å²) in [7, 11) is 0. The van der Waals surface area contributed by atoms with Crippen LogP contribution in [0.3, 0.4) is 0 Å². The van der Waals surface area contributed by atoms with E-state index < -0.39 is 0 Å². The summed E-state index contributed by atoms with van der Waals surface area (Å²) < 4.78 is 11.3. The Morgan fingerprint density at radius 2 is 1.59 bits per heavy atom. The van der Waals surface area contributed by atoms with Crippen LogP contribution in [0.2, 0.25) is 0 Å². The average Bonchev–Trinajstić information content (AvgIpc) is 2.45. The van der Waals surface area contributed by atoms with Gasteiger partial charge in [-0.2, -0.15) is 0 Å². The van der Waals surface area contributed by atoms with Gasteiger partial charge < -0.3 is 9.47 Å². The fraction of sp³-hybridized carbons (Fsp3) is 1.00. The molecule has 2 rings (SSSR count). The molecule has 0 N–H and O–H groups in total. The molecule has 2 heterocycles. The second-order valence-corrected chi connectivity index (χ2v) is 4.49. The fourth-order valence-corrected chi connectivity index (χ4v) is 2.44. The zero-order valence-electron chi connectivity index (χ0n) is 12.6. The number of hydrogen-bond acceptors (Lipinski definition) is 2. The van der Waals surface area contributed by atoms with Gasteiger partial charge in [-0.3, -0.25) is 0 Å². The van der Waals surface area contributed by atoms with Gasteiger partial charge in [0.15, 0.2) is 0 Å². The van der Waals surface area contributed by atoms with Crippen molar-refractivity contribution in [2.24, 2.45) is 5.41 Å². The van der Waals surface area contributed by atoms with Crippen LogP contribution in [0.4, 0.5) is 0 Å². The van der Waals surface area contributed by atoms with Crippen LogP contribution in [0.15, 0.2) is 0 Å². The van der Waals surface area contributed by atoms with Crippen molar-refractivity contribution in [2.75, 3.05) is 19.8 Å². The van der Waals surface area contributed by atoms with Gasteiger partial charge in [-0.1, -0.05) is 34.6 Å². The van der Waals surface area contributed by atoms with Gasteiger partial charge in [-0.15, -0.1) is 0 Å². The molecule has 0 amide bonds. The molecule has 2 fully saturated rings. The Balaban J connectivity index is 0.000000581. The molecular weight excluding hydrogens is 212 g/mol. The quantitative estimate of drug-likeness (QED) is 0.679. The van der Waals surface area contributed by atoms with E-state index in [1.165, 1.54) is 32.1 Å². The summed E-state index contributed by atoms with van der Waals surface area (Å²) in [6, 6.07) is 0. The van der Waals surface area contributed by atoms with Crippen LogP contribution in [0.1, 0.15) is 66.7 Å². The Morgan fingerprint density at radius 3 is 2.00 bits per heavy atom.